The summed E-state index contributed by atoms with van der Waals surface area (Å²) < 4.78 is 4.94. The molecule has 2 aromatic heterocycles. The number of fused-ring (bicyclic) bond motifs is 3. The number of aryl methyl sites for hydroxylation is 2. The Morgan fingerprint density at radius 2 is 1.87 bits per heavy atom. The maximum atomic E-state index is 2.26. The molecule has 0 saturated heterocycles. The summed E-state index contributed by atoms with van der Waals surface area (Å²) in [7, 11) is 2.10. The average molecular weight is 214 g/mol. The van der Waals surface area contributed by atoms with Crippen LogP contribution in [-0.2, 0) is 7.05 Å². The zero-order valence-corrected chi connectivity index (χ0v) is 9.64. The van der Waals surface area contributed by atoms with Crippen molar-refractivity contribution in [2.45, 2.75) is 6.92 Å². The standard InChI is InChI=1S/C13H12NS/c1-9-7-13-11(8-14(9)2)10-5-3-4-6-12(10)15-13/h3-8H,1-2H3/q+1. The summed E-state index contributed by atoms with van der Waals surface area (Å²) in [6, 6.07) is 10.9. The smallest absolute Gasteiger partial charge is 0.179 e. The lowest BCUT2D eigenvalue weighted by Crippen LogP contribution is -2.30. The highest BCUT2D eigenvalue weighted by Crippen LogP contribution is 2.32. The van der Waals surface area contributed by atoms with Crippen LogP contribution in [0.15, 0.2) is 36.5 Å². The van der Waals surface area contributed by atoms with Crippen molar-refractivity contribution in [2.75, 3.05) is 0 Å². The van der Waals surface area contributed by atoms with Gasteiger partial charge in [-0.25, -0.2) is 4.57 Å². The molecule has 0 spiro atoms. The van der Waals surface area contributed by atoms with Gasteiger partial charge < -0.3 is 0 Å². The normalized spacial score (nSPS) is 11.3. The molecule has 0 amide bonds. The van der Waals surface area contributed by atoms with Crippen LogP contribution in [0.4, 0.5) is 0 Å². The molecule has 0 unspecified atom stereocenters. The van der Waals surface area contributed by atoms with Gasteiger partial charge in [0.25, 0.3) is 0 Å². The van der Waals surface area contributed by atoms with Gasteiger partial charge in [-0.2, -0.15) is 0 Å². The van der Waals surface area contributed by atoms with Gasteiger partial charge in [-0.05, 0) is 6.07 Å². The first-order chi connectivity index (χ1) is 7.25. The zero-order valence-electron chi connectivity index (χ0n) is 8.82. The molecular formula is C13H12NS+. The number of rotatable bonds is 0. The van der Waals surface area contributed by atoms with Crippen LogP contribution in [0.25, 0.3) is 20.2 Å². The maximum Gasteiger partial charge on any atom is 0.179 e. The molecule has 15 heavy (non-hydrogen) atoms. The number of hydrogen-bond donors (Lipinski definition) is 0. The highest BCUT2D eigenvalue weighted by Gasteiger charge is 2.09. The molecule has 74 valence electrons. The van der Waals surface area contributed by atoms with Crippen LogP contribution in [-0.4, -0.2) is 0 Å². The van der Waals surface area contributed by atoms with Crippen molar-refractivity contribution in [1.82, 2.24) is 0 Å². The van der Waals surface area contributed by atoms with E-state index in [0.29, 0.717) is 0 Å². The van der Waals surface area contributed by atoms with E-state index in [1.165, 1.54) is 25.9 Å². The van der Waals surface area contributed by atoms with Gasteiger partial charge in [0.15, 0.2) is 11.9 Å². The number of thiophene rings is 1. The molecule has 3 aromatic rings. The Hall–Kier alpha value is -1.41. The Labute approximate surface area is 92.6 Å². The van der Waals surface area contributed by atoms with Crippen molar-refractivity contribution >= 4 is 31.5 Å². The van der Waals surface area contributed by atoms with Crippen molar-refractivity contribution in [3.05, 3.63) is 42.2 Å². The minimum absolute atomic E-state index is 1.30. The second-order valence-electron chi connectivity index (χ2n) is 3.90. The van der Waals surface area contributed by atoms with Crippen LogP contribution in [0.2, 0.25) is 0 Å². The van der Waals surface area contributed by atoms with Crippen LogP contribution in [0.1, 0.15) is 5.69 Å². The van der Waals surface area contributed by atoms with E-state index in [-0.39, 0.29) is 0 Å². The maximum absolute atomic E-state index is 2.26. The third kappa shape index (κ3) is 1.25. The van der Waals surface area contributed by atoms with Gasteiger partial charge >= 0.3 is 0 Å². The average Bonchev–Trinajstić information content (AvgIpc) is 2.57. The Bertz CT molecular complexity index is 652. The first kappa shape index (κ1) is 8.86. The molecule has 2 heteroatoms. The van der Waals surface area contributed by atoms with Crippen molar-refractivity contribution in [1.29, 1.82) is 0 Å². The van der Waals surface area contributed by atoms with E-state index in [2.05, 4.69) is 55.1 Å². The Kier molecular flexibility index (Phi) is 1.80. The monoisotopic (exact) mass is 214 g/mol. The molecule has 3 rings (SSSR count). The first-order valence-corrected chi connectivity index (χ1v) is 5.85. The number of hydrogen-bond acceptors (Lipinski definition) is 1. The summed E-state index contributed by atoms with van der Waals surface area (Å²) in [5.41, 5.74) is 1.30. The lowest BCUT2D eigenvalue weighted by atomic mass is 10.2. The molecule has 0 aliphatic carbocycles. The van der Waals surface area contributed by atoms with E-state index in [9.17, 15) is 0 Å². The molecule has 0 aliphatic heterocycles. The Balaban J connectivity index is 2.56. The highest BCUT2D eigenvalue weighted by atomic mass is 32.1. The second-order valence-corrected chi connectivity index (χ2v) is 4.99. The van der Waals surface area contributed by atoms with E-state index in [4.69, 9.17) is 0 Å². The molecule has 1 aromatic carbocycles. The third-order valence-electron chi connectivity index (χ3n) is 2.88. The van der Waals surface area contributed by atoms with Crippen LogP contribution in [0.5, 0.6) is 0 Å². The molecule has 2 heterocycles. The highest BCUT2D eigenvalue weighted by molar-refractivity contribution is 7.25. The molecule has 1 nitrogen and oxygen atoms in total. The predicted octanol–water partition coefficient (Wildman–Crippen LogP) is 3.19. The van der Waals surface area contributed by atoms with Crippen LogP contribution >= 0.6 is 11.3 Å². The molecule has 0 saturated carbocycles. The first-order valence-electron chi connectivity index (χ1n) is 5.03. The van der Waals surface area contributed by atoms with Gasteiger partial charge in [0, 0.05) is 27.8 Å². The molecule has 0 N–H and O–H groups in total. The summed E-state index contributed by atoms with van der Waals surface area (Å²) in [5, 5.41) is 2.73. The van der Waals surface area contributed by atoms with Crippen LogP contribution in [0.3, 0.4) is 0 Å². The SMILES string of the molecule is Cc1cc2sc3ccccc3c2c[n+]1C. The third-order valence-corrected chi connectivity index (χ3v) is 4.02. The summed E-state index contributed by atoms with van der Waals surface area (Å²) >= 11 is 1.87. The van der Waals surface area contributed by atoms with E-state index in [1.807, 2.05) is 11.3 Å². The van der Waals surface area contributed by atoms with Gasteiger partial charge in [0.1, 0.15) is 7.05 Å². The quantitative estimate of drug-likeness (QED) is 0.506. The summed E-state index contributed by atoms with van der Waals surface area (Å²) in [4.78, 5) is 0. The Morgan fingerprint density at radius 1 is 1.07 bits per heavy atom. The molecule has 0 radical (unpaired) electrons. The fourth-order valence-electron chi connectivity index (χ4n) is 1.91. The van der Waals surface area contributed by atoms with Crippen molar-refractivity contribution in [2.24, 2.45) is 7.05 Å². The largest absolute Gasteiger partial charge is 0.205 e. The second kappa shape index (κ2) is 3.04. The molecule has 0 aliphatic rings. The fraction of sp³-hybridized carbons (Fsp3) is 0.154. The fourth-order valence-corrected chi connectivity index (χ4v) is 3.09. The lowest BCUT2D eigenvalue weighted by molar-refractivity contribution is -0.676. The summed E-state index contributed by atoms with van der Waals surface area (Å²) in [6.07, 6.45) is 2.23. The van der Waals surface area contributed by atoms with E-state index < -0.39 is 0 Å². The van der Waals surface area contributed by atoms with E-state index in [1.54, 1.807) is 0 Å². The minimum Gasteiger partial charge on any atom is -0.205 e. The summed E-state index contributed by atoms with van der Waals surface area (Å²) in [6.45, 7) is 2.14. The van der Waals surface area contributed by atoms with Gasteiger partial charge in [-0.1, -0.05) is 18.2 Å². The van der Waals surface area contributed by atoms with E-state index in [0.717, 1.165) is 0 Å². The van der Waals surface area contributed by atoms with E-state index >= 15 is 0 Å². The predicted molar refractivity (Wildman–Crippen MR) is 65.2 cm³/mol. The lowest BCUT2D eigenvalue weighted by Gasteiger charge is -1.93. The molecular weight excluding hydrogens is 202 g/mol. The molecule has 0 bridgehead atoms. The number of benzene rings is 1. The van der Waals surface area contributed by atoms with Crippen LogP contribution in [0, 0.1) is 6.92 Å². The number of aromatic nitrogens is 1. The molecule has 0 atom stereocenters. The van der Waals surface area contributed by atoms with Gasteiger partial charge in [-0.3, -0.25) is 0 Å². The Morgan fingerprint density at radius 3 is 2.73 bits per heavy atom. The van der Waals surface area contributed by atoms with Gasteiger partial charge in [0.2, 0.25) is 0 Å². The van der Waals surface area contributed by atoms with Crippen LogP contribution < -0.4 is 4.57 Å². The van der Waals surface area contributed by atoms with Crippen molar-refractivity contribution in [3.63, 3.8) is 0 Å². The minimum atomic E-state index is 1.30. The van der Waals surface area contributed by atoms with Crippen molar-refractivity contribution in [3.8, 4) is 0 Å². The molecule has 0 fully saturated rings. The van der Waals surface area contributed by atoms with Gasteiger partial charge in [0.05, 0.1) is 5.39 Å². The zero-order chi connectivity index (χ0) is 10.4. The topological polar surface area (TPSA) is 3.88 Å². The van der Waals surface area contributed by atoms with Crippen molar-refractivity contribution < 1.29 is 4.57 Å². The summed E-state index contributed by atoms with van der Waals surface area (Å²) in [5.74, 6) is 0. The van der Waals surface area contributed by atoms with Gasteiger partial charge in [-0.15, -0.1) is 11.3 Å². The number of pyridine rings is 1. The number of nitrogens with zero attached hydrogens (tertiary/aromatic N) is 1.